The smallest absolute Gasteiger partial charge is 0.243 e. The van der Waals surface area contributed by atoms with Crippen molar-refractivity contribution in [1.82, 2.24) is 20.8 Å². The van der Waals surface area contributed by atoms with Crippen molar-refractivity contribution in [3.63, 3.8) is 0 Å². The van der Waals surface area contributed by atoms with Crippen molar-refractivity contribution in [3.05, 3.63) is 35.5 Å². The van der Waals surface area contributed by atoms with Gasteiger partial charge < -0.3 is 19.9 Å². The van der Waals surface area contributed by atoms with E-state index in [2.05, 4.69) is 26.1 Å². The fourth-order valence-corrected chi connectivity index (χ4v) is 3.73. The highest BCUT2D eigenvalue weighted by atomic mass is 16.5. The summed E-state index contributed by atoms with van der Waals surface area (Å²) in [5.41, 5.74) is 1.10. The van der Waals surface area contributed by atoms with E-state index in [1.54, 1.807) is 20.1 Å². The van der Waals surface area contributed by atoms with Crippen LogP contribution in [0.2, 0.25) is 0 Å². The van der Waals surface area contributed by atoms with Gasteiger partial charge in [-0.1, -0.05) is 30.5 Å². The Morgan fingerprint density at radius 1 is 1.13 bits per heavy atom. The quantitative estimate of drug-likeness (QED) is 0.605. The number of carbonyl (C=O) groups excluding carboxylic acids is 2. The molecule has 30 heavy (non-hydrogen) atoms. The number of nitrogens with zero attached hydrogens (tertiary/aromatic N) is 2. The average Bonchev–Trinajstić information content (AvgIpc) is 3.19. The summed E-state index contributed by atoms with van der Waals surface area (Å²) in [4.78, 5) is 29.0. The fourth-order valence-electron chi connectivity index (χ4n) is 3.73. The maximum Gasteiger partial charge on any atom is 0.243 e. The highest BCUT2D eigenvalue weighted by Gasteiger charge is 2.38. The lowest BCUT2D eigenvalue weighted by Crippen LogP contribution is -2.49. The second kappa shape index (κ2) is 9.71. The first-order valence-corrected chi connectivity index (χ1v) is 10.2. The summed E-state index contributed by atoms with van der Waals surface area (Å²) in [5, 5.41) is 12.8. The first-order valence-electron chi connectivity index (χ1n) is 10.2. The topological polar surface area (TPSA) is 118 Å². The van der Waals surface area contributed by atoms with Gasteiger partial charge in [0.1, 0.15) is 5.75 Å². The molecule has 3 N–H and O–H groups in total. The van der Waals surface area contributed by atoms with Crippen LogP contribution in [0.15, 0.2) is 22.7 Å². The Hall–Kier alpha value is -2.94. The largest absolute Gasteiger partial charge is 0.495 e. The van der Waals surface area contributed by atoms with Crippen molar-refractivity contribution >= 4 is 17.5 Å². The second-order valence-electron chi connectivity index (χ2n) is 7.66. The molecule has 1 aliphatic rings. The van der Waals surface area contributed by atoms with Crippen LogP contribution in [0.4, 0.5) is 5.69 Å². The Labute approximate surface area is 175 Å². The molecule has 0 aliphatic heterocycles. The van der Waals surface area contributed by atoms with Gasteiger partial charge in [0, 0.05) is 6.92 Å². The van der Waals surface area contributed by atoms with Crippen LogP contribution in [0.5, 0.6) is 5.75 Å². The maximum absolute atomic E-state index is 12.4. The number of hydrogen-bond donors (Lipinski definition) is 3. The Balaban J connectivity index is 1.52. The molecule has 1 saturated carbocycles. The van der Waals surface area contributed by atoms with Crippen LogP contribution in [-0.4, -0.2) is 42.2 Å². The monoisotopic (exact) mass is 415 g/mol. The van der Waals surface area contributed by atoms with E-state index in [4.69, 9.17) is 9.26 Å². The van der Waals surface area contributed by atoms with Crippen molar-refractivity contribution < 1.29 is 18.8 Å². The molecule has 0 unspecified atom stereocenters. The number of amides is 2. The van der Waals surface area contributed by atoms with Gasteiger partial charge in [0.25, 0.3) is 0 Å². The molecule has 1 aromatic carbocycles. The van der Waals surface area contributed by atoms with Gasteiger partial charge >= 0.3 is 0 Å². The number of aryl methyl sites for hydroxylation is 2. The number of anilines is 1. The molecule has 9 heteroatoms. The van der Waals surface area contributed by atoms with Crippen LogP contribution in [0, 0.1) is 13.8 Å². The van der Waals surface area contributed by atoms with Gasteiger partial charge in [-0.05, 0) is 37.5 Å². The van der Waals surface area contributed by atoms with Crippen LogP contribution >= 0.6 is 0 Å². The number of methoxy groups -OCH3 is 1. The Bertz CT molecular complexity index is 889. The first kappa shape index (κ1) is 21.8. The predicted molar refractivity (Wildman–Crippen MR) is 111 cm³/mol. The summed E-state index contributed by atoms with van der Waals surface area (Å²) < 4.78 is 10.4. The van der Waals surface area contributed by atoms with Crippen LogP contribution < -0.4 is 20.7 Å². The summed E-state index contributed by atoms with van der Waals surface area (Å²) in [5.74, 6) is 1.07. The third-order valence-electron chi connectivity index (χ3n) is 5.33. The standard InChI is InChI=1S/C21H29N5O4/c1-14-7-8-17(29-3)16(11-14)25-19(28)12-22-18(27)13-23-21(9-5-4-6-10-21)20-24-15(2)30-26-20/h7-8,11,23H,4-6,9-10,12-13H2,1-3H3,(H,22,27)(H,25,28). The lowest BCUT2D eigenvalue weighted by atomic mass is 9.81. The lowest BCUT2D eigenvalue weighted by molar-refractivity contribution is -0.123. The highest BCUT2D eigenvalue weighted by molar-refractivity contribution is 5.96. The van der Waals surface area contributed by atoms with Gasteiger partial charge in [-0.2, -0.15) is 4.98 Å². The lowest BCUT2D eigenvalue weighted by Gasteiger charge is -2.35. The Morgan fingerprint density at radius 3 is 2.57 bits per heavy atom. The molecule has 0 spiro atoms. The van der Waals surface area contributed by atoms with Gasteiger partial charge in [0.15, 0.2) is 5.82 Å². The van der Waals surface area contributed by atoms with Gasteiger partial charge in [-0.25, -0.2) is 0 Å². The molecule has 9 nitrogen and oxygen atoms in total. The van der Waals surface area contributed by atoms with E-state index in [1.165, 1.54) is 0 Å². The van der Waals surface area contributed by atoms with E-state index >= 15 is 0 Å². The molecule has 0 radical (unpaired) electrons. The third kappa shape index (κ3) is 5.35. The van der Waals surface area contributed by atoms with E-state index in [0.29, 0.717) is 23.2 Å². The van der Waals surface area contributed by atoms with Crippen LogP contribution in [0.3, 0.4) is 0 Å². The van der Waals surface area contributed by atoms with Crippen molar-refractivity contribution in [2.24, 2.45) is 0 Å². The summed E-state index contributed by atoms with van der Waals surface area (Å²) in [7, 11) is 1.54. The molecular weight excluding hydrogens is 386 g/mol. The number of benzene rings is 1. The van der Waals surface area contributed by atoms with Gasteiger partial charge in [0.05, 0.1) is 31.4 Å². The number of hydrogen-bond acceptors (Lipinski definition) is 7. The first-order chi connectivity index (χ1) is 14.4. The third-order valence-corrected chi connectivity index (χ3v) is 5.33. The highest BCUT2D eigenvalue weighted by Crippen LogP contribution is 2.35. The van der Waals surface area contributed by atoms with Gasteiger partial charge in [-0.15, -0.1) is 0 Å². The van der Waals surface area contributed by atoms with Crippen molar-refractivity contribution in [2.75, 3.05) is 25.5 Å². The summed E-state index contributed by atoms with van der Waals surface area (Å²) in [6.07, 6.45) is 4.89. The summed E-state index contributed by atoms with van der Waals surface area (Å²) in [6, 6.07) is 5.50. The number of aromatic nitrogens is 2. The molecule has 1 fully saturated rings. The molecule has 0 bridgehead atoms. The van der Waals surface area contributed by atoms with Crippen molar-refractivity contribution in [1.29, 1.82) is 0 Å². The summed E-state index contributed by atoms with van der Waals surface area (Å²) >= 11 is 0. The minimum atomic E-state index is -0.468. The maximum atomic E-state index is 12.4. The molecule has 2 amide bonds. The van der Waals surface area contributed by atoms with Crippen molar-refractivity contribution in [2.45, 2.75) is 51.5 Å². The van der Waals surface area contributed by atoms with E-state index in [1.807, 2.05) is 19.1 Å². The Morgan fingerprint density at radius 2 is 1.90 bits per heavy atom. The molecule has 0 atom stereocenters. The molecule has 1 aliphatic carbocycles. The predicted octanol–water partition coefficient (Wildman–Crippen LogP) is 2.20. The van der Waals surface area contributed by atoms with Gasteiger partial charge in [0.2, 0.25) is 17.7 Å². The van der Waals surface area contributed by atoms with Crippen molar-refractivity contribution in [3.8, 4) is 5.75 Å². The van der Waals surface area contributed by atoms with E-state index in [-0.39, 0.29) is 24.9 Å². The number of rotatable bonds is 8. The minimum Gasteiger partial charge on any atom is -0.495 e. The molecule has 2 aromatic rings. The zero-order valence-electron chi connectivity index (χ0n) is 17.7. The molecule has 1 aromatic heterocycles. The molecule has 1 heterocycles. The minimum absolute atomic E-state index is 0.0641. The summed E-state index contributed by atoms with van der Waals surface area (Å²) in [6.45, 7) is 3.61. The molecule has 3 rings (SSSR count). The normalized spacial score (nSPS) is 15.4. The van der Waals surface area contributed by atoms with Crippen LogP contribution in [0.1, 0.15) is 49.4 Å². The van der Waals surface area contributed by atoms with E-state index < -0.39 is 5.54 Å². The van der Waals surface area contributed by atoms with Crippen LogP contribution in [-0.2, 0) is 15.1 Å². The molecular formula is C21H29N5O4. The fraction of sp³-hybridized carbons (Fsp3) is 0.524. The van der Waals surface area contributed by atoms with Gasteiger partial charge in [-0.3, -0.25) is 14.9 Å². The number of carbonyl (C=O) groups is 2. The van der Waals surface area contributed by atoms with E-state index in [0.717, 1.165) is 37.7 Å². The SMILES string of the molecule is COc1ccc(C)cc1NC(=O)CNC(=O)CNC1(c2noc(C)n2)CCCCC1. The van der Waals surface area contributed by atoms with E-state index in [9.17, 15) is 9.59 Å². The van der Waals surface area contributed by atoms with Crippen LogP contribution in [0.25, 0.3) is 0 Å². The molecule has 162 valence electrons. The zero-order chi connectivity index (χ0) is 21.6. The zero-order valence-corrected chi connectivity index (χ0v) is 17.7. The molecule has 0 saturated heterocycles. The number of nitrogens with one attached hydrogen (secondary N) is 3. The second-order valence-corrected chi connectivity index (χ2v) is 7.66. The average molecular weight is 415 g/mol. The Kier molecular flexibility index (Phi) is 7.04. The number of ether oxygens (including phenoxy) is 1.